The van der Waals surface area contributed by atoms with Crippen LogP contribution in [0.15, 0.2) is 18.2 Å². The van der Waals surface area contributed by atoms with E-state index in [-0.39, 0.29) is 0 Å². The van der Waals surface area contributed by atoms with E-state index in [1.54, 1.807) is 14.2 Å². The van der Waals surface area contributed by atoms with Crippen LogP contribution < -0.4 is 14.8 Å². The number of methoxy groups -OCH3 is 2. The number of ether oxygens (including phenoxy) is 2. The number of nitrogens with zero attached hydrogens (tertiary/aromatic N) is 1. The number of nitrogens with one attached hydrogen (secondary N) is 1. The molecule has 4 heteroatoms. The second kappa shape index (κ2) is 7.50. The van der Waals surface area contributed by atoms with Gasteiger partial charge >= 0.3 is 0 Å². The second-order valence-corrected chi connectivity index (χ2v) is 5.46. The standard InChI is InChI=1S/C16H26N2O2/c1-13-7-10-18(9-4-8-17-13)12-14-5-6-15(19-2)16(11-14)20-3/h5-6,11,13,17H,4,7-10,12H2,1-3H3. The van der Waals surface area contributed by atoms with Crippen LogP contribution in [0.4, 0.5) is 0 Å². The van der Waals surface area contributed by atoms with Crippen molar-refractivity contribution >= 4 is 0 Å². The van der Waals surface area contributed by atoms with Gasteiger partial charge in [-0.1, -0.05) is 6.07 Å². The first-order chi connectivity index (χ1) is 9.72. The third-order valence-electron chi connectivity index (χ3n) is 3.88. The molecule has 4 nitrogen and oxygen atoms in total. The van der Waals surface area contributed by atoms with Crippen molar-refractivity contribution in [2.75, 3.05) is 33.9 Å². The van der Waals surface area contributed by atoms with Crippen LogP contribution in [0.1, 0.15) is 25.3 Å². The molecule has 0 aromatic heterocycles. The third kappa shape index (κ3) is 4.12. The minimum Gasteiger partial charge on any atom is -0.493 e. The zero-order chi connectivity index (χ0) is 14.4. The van der Waals surface area contributed by atoms with Gasteiger partial charge in [-0.2, -0.15) is 0 Å². The first-order valence-corrected chi connectivity index (χ1v) is 7.39. The molecule has 1 N–H and O–H groups in total. The Morgan fingerprint density at radius 3 is 2.75 bits per heavy atom. The van der Waals surface area contributed by atoms with Gasteiger partial charge in [-0.3, -0.25) is 4.90 Å². The lowest BCUT2D eigenvalue weighted by atomic mass is 10.1. The van der Waals surface area contributed by atoms with Gasteiger partial charge in [-0.05, 0) is 57.1 Å². The van der Waals surface area contributed by atoms with Crippen molar-refractivity contribution in [2.45, 2.75) is 32.4 Å². The van der Waals surface area contributed by atoms with Gasteiger partial charge in [0.25, 0.3) is 0 Å². The third-order valence-corrected chi connectivity index (χ3v) is 3.88. The van der Waals surface area contributed by atoms with E-state index >= 15 is 0 Å². The molecule has 20 heavy (non-hydrogen) atoms. The van der Waals surface area contributed by atoms with E-state index in [2.05, 4.69) is 29.3 Å². The summed E-state index contributed by atoms with van der Waals surface area (Å²) in [6.45, 7) is 6.65. The highest BCUT2D eigenvalue weighted by Crippen LogP contribution is 2.28. The fraction of sp³-hybridized carbons (Fsp3) is 0.625. The van der Waals surface area contributed by atoms with E-state index < -0.39 is 0 Å². The van der Waals surface area contributed by atoms with Gasteiger partial charge in [0.15, 0.2) is 11.5 Å². The van der Waals surface area contributed by atoms with Crippen molar-refractivity contribution in [3.63, 3.8) is 0 Å². The summed E-state index contributed by atoms with van der Waals surface area (Å²) in [6, 6.07) is 6.81. The quantitative estimate of drug-likeness (QED) is 0.916. The molecule has 1 aromatic carbocycles. The average molecular weight is 278 g/mol. The van der Waals surface area contributed by atoms with Gasteiger partial charge in [0.1, 0.15) is 0 Å². The van der Waals surface area contributed by atoms with Crippen molar-refractivity contribution in [1.29, 1.82) is 0 Å². The maximum atomic E-state index is 5.37. The van der Waals surface area contributed by atoms with E-state index in [0.717, 1.165) is 37.7 Å². The zero-order valence-corrected chi connectivity index (χ0v) is 12.8. The summed E-state index contributed by atoms with van der Waals surface area (Å²) >= 11 is 0. The molecule has 0 spiro atoms. The molecular formula is C16H26N2O2. The van der Waals surface area contributed by atoms with Gasteiger partial charge in [0.05, 0.1) is 14.2 Å². The van der Waals surface area contributed by atoms with Crippen LogP contribution >= 0.6 is 0 Å². The molecule has 1 aliphatic heterocycles. The summed E-state index contributed by atoms with van der Waals surface area (Å²) in [4.78, 5) is 2.53. The molecule has 1 saturated heterocycles. The average Bonchev–Trinajstić information content (AvgIpc) is 2.46. The largest absolute Gasteiger partial charge is 0.493 e. The van der Waals surface area contributed by atoms with E-state index in [1.165, 1.54) is 18.4 Å². The Balaban J connectivity index is 2.00. The van der Waals surface area contributed by atoms with Crippen LogP contribution in [0.25, 0.3) is 0 Å². The number of rotatable bonds is 4. The molecule has 1 aliphatic rings. The first kappa shape index (κ1) is 15.1. The molecule has 0 amide bonds. The molecule has 1 aromatic rings. The van der Waals surface area contributed by atoms with E-state index in [0.29, 0.717) is 6.04 Å². The first-order valence-electron chi connectivity index (χ1n) is 7.39. The maximum absolute atomic E-state index is 5.37. The summed E-state index contributed by atoms with van der Waals surface area (Å²) in [5, 5.41) is 3.54. The van der Waals surface area contributed by atoms with Crippen molar-refractivity contribution in [1.82, 2.24) is 10.2 Å². The van der Waals surface area contributed by atoms with Crippen LogP contribution in [0.5, 0.6) is 11.5 Å². The highest BCUT2D eigenvalue weighted by atomic mass is 16.5. The molecular weight excluding hydrogens is 252 g/mol. The molecule has 112 valence electrons. The predicted octanol–water partition coefficient (Wildman–Crippen LogP) is 2.28. The second-order valence-electron chi connectivity index (χ2n) is 5.46. The van der Waals surface area contributed by atoms with Crippen LogP contribution in [0, 0.1) is 0 Å². The smallest absolute Gasteiger partial charge is 0.161 e. The molecule has 0 saturated carbocycles. The van der Waals surface area contributed by atoms with Crippen LogP contribution in [0.3, 0.4) is 0 Å². The van der Waals surface area contributed by atoms with Gasteiger partial charge < -0.3 is 14.8 Å². The van der Waals surface area contributed by atoms with Gasteiger partial charge in [0, 0.05) is 12.6 Å². The Kier molecular flexibility index (Phi) is 5.68. The highest BCUT2D eigenvalue weighted by Gasteiger charge is 2.13. The Labute approximate surface area is 122 Å². The maximum Gasteiger partial charge on any atom is 0.161 e. The molecule has 1 heterocycles. The van der Waals surface area contributed by atoms with Crippen LogP contribution in [0.2, 0.25) is 0 Å². The summed E-state index contributed by atoms with van der Waals surface area (Å²) < 4.78 is 10.7. The molecule has 0 bridgehead atoms. The summed E-state index contributed by atoms with van der Waals surface area (Å²) in [5.41, 5.74) is 1.28. The lowest BCUT2D eigenvalue weighted by Crippen LogP contribution is -2.38. The zero-order valence-electron chi connectivity index (χ0n) is 12.8. The molecule has 1 fully saturated rings. The van der Waals surface area contributed by atoms with Crippen molar-refractivity contribution in [3.05, 3.63) is 23.8 Å². The molecule has 0 aliphatic carbocycles. The molecule has 2 rings (SSSR count). The Morgan fingerprint density at radius 1 is 1.20 bits per heavy atom. The van der Waals surface area contributed by atoms with Crippen molar-refractivity contribution in [3.8, 4) is 11.5 Å². The summed E-state index contributed by atoms with van der Waals surface area (Å²) in [6.07, 6.45) is 2.41. The highest BCUT2D eigenvalue weighted by molar-refractivity contribution is 5.42. The van der Waals surface area contributed by atoms with E-state index in [1.807, 2.05) is 6.07 Å². The number of benzene rings is 1. The van der Waals surface area contributed by atoms with Crippen molar-refractivity contribution in [2.24, 2.45) is 0 Å². The Morgan fingerprint density at radius 2 is 2.00 bits per heavy atom. The van der Waals surface area contributed by atoms with Crippen LogP contribution in [-0.2, 0) is 6.54 Å². The van der Waals surface area contributed by atoms with Gasteiger partial charge in [-0.25, -0.2) is 0 Å². The van der Waals surface area contributed by atoms with Gasteiger partial charge in [0.2, 0.25) is 0 Å². The predicted molar refractivity (Wildman–Crippen MR) is 81.5 cm³/mol. The number of hydrogen-bond acceptors (Lipinski definition) is 4. The molecule has 1 atom stereocenters. The molecule has 0 radical (unpaired) electrons. The normalized spacial score (nSPS) is 21.1. The lowest BCUT2D eigenvalue weighted by Gasteiger charge is -2.27. The fourth-order valence-electron chi connectivity index (χ4n) is 2.64. The van der Waals surface area contributed by atoms with E-state index in [4.69, 9.17) is 9.47 Å². The summed E-state index contributed by atoms with van der Waals surface area (Å²) in [7, 11) is 3.36. The van der Waals surface area contributed by atoms with Crippen molar-refractivity contribution < 1.29 is 9.47 Å². The minimum absolute atomic E-state index is 0.614. The lowest BCUT2D eigenvalue weighted by molar-refractivity contribution is 0.229. The van der Waals surface area contributed by atoms with Gasteiger partial charge in [-0.15, -0.1) is 0 Å². The minimum atomic E-state index is 0.614. The Hall–Kier alpha value is -1.26. The van der Waals surface area contributed by atoms with Crippen LogP contribution in [-0.4, -0.2) is 44.8 Å². The topological polar surface area (TPSA) is 33.7 Å². The monoisotopic (exact) mass is 278 g/mol. The Bertz CT molecular complexity index is 423. The summed E-state index contributed by atoms with van der Waals surface area (Å²) in [5.74, 6) is 1.61. The fourth-order valence-corrected chi connectivity index (χ4v) is 2.64. The van der Waals surface area contributed by atoms with E-state index in [9.17, 15) is 0 Å². The SMILES string of the molecule is COc1ccc(CN2CCCNC(C)CC2)cc1OC. The molecule has 1 unspecified atom stereocenters. The number of hydrogen-bond donors (Lipinski definition) is 1.